The lowest BCUT2D eigenvalue weighted by Crippen LogP contribution is -2.35. The minimum Gasteiger partial charge on any atom is -0.452 e. The number of hydrogen-bond acceptors (Lipinski definition) is 3. The number of nitrogens with one attached hydrogen (secondary N) is 1. The van der Waals surface area contributed by atoms with Crippen molar-refractivity contribution in [2.75, 3.05) is 0 Å². The molecule has 0 aromatic heterocycles. The van der Waals surface area contributed by atoms with Gasteiger partial charge in [-0.25, -0.2) is 0 Å². The van der Waals surface area contributed by atoms with Crippen molar-refractivity contribution in [2.24, 2.45) is 0 Å². The van der Waals surface area contributed by atoms with Gasteiger partial charge in [0.05, 0.1) is 12.0 Å². The van der Waals surface area contributed by atoms with Crippen LogP contribution in [0, 0.1) is 0 Å². The monoisotopic (exact) mass is 399 g/mol. The lowest BCUT2D eigenvalue weighted by atomic mass is 10.1. The summed E-state index contributed by atoms with van der Waals surface area (Å²) in [7, 11) is 0. The molecule has 0 spiro atoms. The predicted molar refractivity (Wildman–Crippen MR) is 94.0 cm³/mol. The van der Waals surface area contributed by atoms with E-state index in [9.17, 15) is 22.8 Å². The Morgan fingerprint density at radius 3 is 2.33 bits per heavy atom. The molecule has 144 valence electrons. The van der Waals surface area contributed by atoms with E-state index in [0.29, 0.717) is 10.6 Å². The summed E-state index contributed by atoms with van der Waals surface area (Å²) in [5, 5.41) is 3.11. The molecule has 1 N–H and O–H groups in total. The second-order valence-corrected chi connectivity index (χ2v) is 6.22. The van der Waals surface area contributed by atoms with Gasteiger partial charge in [0, 0.05) is 11.6 Å². The van der Waals surface area contributed by atoms with E-state index < -0.39 is 29.7 Å². The number of hydrogen-bond donors (Lipinski definition) is 1. The summed E-state index contributed by atoms with van der Waals surface area (Å²) in [6.45, 7) is 1.59. The topological polar surface area (TPSA) is 55.4 Å². The van der Waals surface area contributed by atoms with Crippen LogP contribution >= 0.6 is 11.6 Å². The minimum atomic E-state index is -4.44. The van der Waals surface area contributed by atoms with E-state index in [-0.39, 0.29) is 13.0 Å². The van der Waals surface area contributed by atoms with Crippen LogP contribution < -0.4 is 5.32 Å². The van der Waals surface area contributed by atoms with Gasteiger partial charge in [0.25, 0.3) is 5.91 Å². The molecule has 0 radical (unpaired) electrons. The van der Waals surface area contributed by atoms with Crippen molar-refractivity contribution in [1.82, 2.24) is 5.32 Å². The van der Waals surface area contributed by atoms with Crippen molar-refractivity contribution < 1.29 is 27.5 Å². The molecular weight excluding hydrogens is 383 g/mol. The Balaban J connectivity index is 1.84. The van der Waals surface area contributed by atoms with Gasteiger partial charge in [-0.3, -0.25) is 9.59 Å². The summed E-state index contributed by atoms with van der Waals surface area (Å²) in [4.78, 5) is 23.9. The van der Waals surface area contributed by atoms with Gasteiger partial charge < -0.3 is 10.1 Å². The van der Waals surface area contributed by atoms with E-state index in [1.54, 1.807) is 24.3 Å². The molecule has 8 heteroatoms. The molecular formula is C19H17ClF3NO3. The molecule has 0 aliphatic heterocycles. The zero-order chi connectivity index (χ0) is 20.0. The molecule has 0 aliphatic carbocycles. The fourth-order valence-electron chi connectivity index (χ4n) is 2.24. The maximum Gasteiger partial charge on any atom is 0.416 e. The third-order valence-electron chi connectivity index (χ3n) is 3.72. The summed E-state index contributed by atoms with van der Waals surface area (Å²) in [6, 6.07) is 11.2. The van der Waals surface area contributed by atoms with Gasteiger partial charge in [0.2, 0.25) is 0 Å². The number of halogens is 4. The number of rotatable bonds is 6. The standard InChI is InChI=1S/C19H17ClF3NO3/c1-12(18(26)24-11-14-4-2-3-5-16(14)20)27-17(25)10-13-6-8-15(9-7-13)19(21,22)23/h2-9,12H,10-11H2,1H3,(H,24,26). The van der Waals surface area contributed by atoms with Gasteiger partial charge in [0.15, 0.2) is 6.10 Å². The van der Waals surface area contributed by atoms with Crippen LogP contribution in [0.5, 0.6) is 0 Å². The summed E-state index contributed by atoms with van der Waals surface area (Å²) < 4.78 is 42.6. The van der Waals surface area contributed by atoms with Gasteiger partial charge in [-0.1, -0.05) is 41.9 Å². The zero-order valence-electron chi connectivity index (χ0n) is 14.3. The van der Waals surface area contributed by atoms with Crippen LogP contribution in [-0.2, 0) is 33.5 Å². The second-order valence-electron chi connectivity index (χ2n) is 5.81. The van der Waals surface area contributed by atoms with Crippen LogP contribution in [0.2, 0.25) is 5.02 Å². The number of alkyl halides is 3. The normalized spacial score (nSPS) is 12.3. The highest BCUT2D eigenvalue weighted by Gasteiger charge is 2.30. The van der Waals surface area contributed by atoms with E-state index in [0.717, 1.165) is 17.7 Å². The lowest BCUT2D eigenvalue weighted by molar-refractivity contribution is -0.154. The lowest BCUT2D eigenvalue weighted by Gasteiger charge is -2.14. The van der Waals surface area contributed by atoms with Crippen molar-refractivity contribution in [3.8, 4) is 0 Å². The van der Waals surface area contributed by atoms with Crippen LogP contribution in [0.4, 0.5) is 13.2 Å². The smallest absolute Gasteiger partial charge is 0.416 e. The van der Waals surface area contributed by atoms with Gasteiger partial charge >= 0.3 is 12.1 Å². The predicted octanol–water partition coefficient (Wildman–Crippen LogP) is 4.15. The Morgan fingerprint density at radius 2 is 1.74 bits per heavy atom. The molecule has 0 bridgehead atoms. The Morgan fingerprint density at radius 1 is 1.11 bits per heavy atom. The first kappa shape index (κ1) is 20.8. The molecule has 0 fully saturated rings. The van der Waals surface area contributed by atoms with Gasteiger partial charge in [-0.15, -0.1) is 0 Å². The number of esters is 1. The highest BCUT2D eigenvalue weighted by molar-refractivity contribution is 6.31. The van der Waals surface area contributed by atoms with Crippen molar-refractivity contribution in [3.63, 3.8) is 0 Å². The van der Waals surface area contributed by atoms with E-state index in [1.807, 2.05) is 0 Å². The Kier molecular flexibility index (Phi) is 6.85. The molecule has 1 amide bonds. The number of carbonyl (C=O) groups excluding carboxylic acids is 2. The molecule has 0 heterocycles. The second kappa shape index (κ2) is 8.90. The third kappa shape index (κ3) is 6.29. The fourth-order valence-corrected chi connectivity index (χ4v) is 2.44. The number of benzene rings is 2. The van der Waals surface area contributed by atoms with Gasteiger partial charge in [0.1, 0.15) is 0 Å². The Bertz CT molecular complexity index is 807. The average molecular weight is 400 g/mol. The van der Waals surface area contributed by atoms with Gasteiger partial charge in [-0.05, 0) is 36.2 Å². The molecule has 27 heavy (non-hydrogen) atoms. The SMILES string of the molecule is CC(OC(=O)Cc1ccc(C(F)(F)F)cc1)C(=O)NCc1ccccc1Cl. The maximum atomic E-state index is 12.5. The third-order valence-corrected chi connectivity index (χ3v) is 4.09. The first-order valence-corrected chi connectivity index (χ1v) is 8.41. The number of amides is 1. The van der Waals surface area contributed by atoms with Crippen molar-refractivity contribution in [1.29, 1.82) is 0 Å². The Labute approximate surface area is 159 Å². The molecule has 0 saturated heterocycles. The largest absolute Gasteiger partial charge is 0.452 e. The summed E-state index contributed by atoms with van der Waals surface area (Å²) in [5.74, 6) is -1.22. The van der Waals surface area contributed by atoms with E-state index in [2.05, 4.69) is 5.32 Å². The van der Waals surface area contributed by atoms with Crippen LogP contribution in [0.25, 0.3) is 0 Å². The first-order valence-electron chi connectivity index (χ1n) is 8.03. The molecule has 4 nitrogen and oxygen atoms in total. The molecule has 0 aliphatic rings. The summed E-state index contributed by atoms with van der Waals surface area (Å²) >= 11 is 5.99. The van der Waals surface area contributed by atoms with Crippen LogP contribution in [-0.4, -0.2) is 18.0 Å². The molecule has 2 aromatic rings. The van der Waals surface area contributed by atoms with Crippen LogP contribution in [0.15, 0.2) is 48.5 Å². The quantitative estimate of drug-likeness (QED) is 0.742. The minimum absolute atomic E-state index is 0.180. The average Bonchev–Trinajstić information content (AvgIpc) is 2.60. The summed E-state index contributed by atoms with van der Waals surface area (Å²) in [5.41, 5.74) is 0.277. The number of ether oxygens (including phenoxy) is 1. The fraction of sp³-hybridized carbons (Fsp3) is 0.263. The van der Waals surface area contributed by atoms with Crippen molar-refractivity contribution in [3.05, 3.63) is 70.2 Å². The van der Waals surface area contributed by atoms with Crippen LogP contribution in [0.3, 0.4) is 0 Å². The summed E-state index contributed by atoms with van der Waals surface area (Å²) in [6.07, 6.45) is -5.72. The molecule has 0 saturated carbocycles. The molecule has 2 aromatic carbocycles. The Hall–Kier alpha value is -2.54. The van der Waals surface area contributed by atoms with E-state index in [1.165, 1.54) is 19.1 Å². The van der Waals surface area contributed by atoms with Crippen molar-refractivity contribution >= 4 is 23.5 Å². The molecule has 1 unspecified atom stereocenters. The number of carbonyl (C=O) groups is 2. The first-order chi connectivity index (χ1) is 12.7. The highest BCUT2D eigenvalue weighted by atomic mass is 35.5. The maximum absolute atomic E-state index is 12.5. The molecule has 2 rings (SSSR count). The zero-order valence-corrected chi connectivity index (χ0v) is 15.1. The van der Waals surface area contributed by atoms with E-state index >= 15 is 0 Å². The van der Waals surface area contributed by atoms with Gasteiger partial charge in [-0.2, -0.15) is 13.2 Å². The van der Waals surface area contributed by atoms with Crippen LogP contribution in [0.1, 0.15) is 23.6 Å². The van der Waals surface area contributed by atoms with Crippen molar-refractivity contribution in [2.45, 2.75) is 32.2 Å². The highest BCUT2D eigenvalue weighted by Crippen LogP contribution is 2.29. The molecule has 1 atom stereocenters. The van der Waals surface area contributed by atoms with E-state index in [4.69, 9.17) is 16.3 Å².